The van der Waals surface area contributed by atoms with Gasteiger partial charge in [0.25, 0.3) is 0 Å². The summed E-state index contributed by atoms with van der Waals surface area (Å²) >= 11 is 0. The Morgan fingerprint density at radius 1 is 0.867 bits per heavy atom. The molecule has 1 aliphatic carbocycles. The molecular weight excluding hydrogens is 364 g/mol. The number of imidazole rings is 1. The van der Waals surface area contributed by atoms with Crippen LogP contribution in [0.5, 0.6) is 0 Å². The van der Waals surface area contributed by atoms with Gasteiger partial charge in [-0.15, -0.1) is 0 Å². The summed E-state index contributed by atoms with van der Waals surface area (Å²) in [7, 11) is 0. The topological polar surface area (TPSA) is 17.3 Å². The first kappa shape index (κ1) is 19.6. The van der Waals surface area contributed by atoms with Gasteiger partial charge < -0.3 is 0 Å². The van der Waals surface area contributed by atoms with E-state index in [0.717, 1.165) is 17.6 Å². The Bertz CT molecular complexity index is 1300. The average molecular weight is 399 g/mol. The lowest BCUT2D eigenvalue weighted by Crippen LogP contribution is -2.42. The van der Waals surface area contributed by atoms with E-state index in [1.807, 2.05) is 0 Å². The van der Waals surface area contributed by atoms with Crippen molar-refractivity contribution < 1.29 is 0 Å². The van der Waals surface area contributed by atoms with E-state index in [9.17, 15) is 0 Å². The van der Waals surface area contributed by atoms with Gasteiger partial charge >= 0.3 is 0 Å². The highest BCUT2D eigenvalue weighted by Crippen LogP contribution is 2.61. The Balaban J connectivity index is 1.91. The van der Waals surface area contributed by atoms with Crippen LogP contribution in [0.3, 0.4) is 0 Å². The largest absolute Gasteiger partial charge is 0.296 e. The lowest BCUT2D eigenvalue weighted by atomic mass is 9.59. The molecule has 0 saturated heterocycles. The number of nitrogens with zero attached hydrogens (tertiary/aromatic N) is 2. The maximum atomic E-state index is 5.21. The van der Waals surface area contributed by atoms with Crippen molar-refractivity contribution in [3.63, 3.8) is 0 Å². The minimum Gasteiger partial charge on any atom is -0.296 e. The first-order valence-corrected chi connectivity index (χ1v) is 11.5. The van der Waals surface area contributed by atoms with Crippen LogP contribution in [0.25, 0.3) is 27.5 Å². The minimum atomic E-state index is 0.100. The lowest BCUT2D eigenvalue weighted by Gasteiger charge is -2.44. The summed E-state index contributed by atoms with van der Waals surface area (Å²) in [5, 5.41) is 2.54. The normalized spacial score (nSPS) is 19.0. The molecule has 0 amide bonds. The number of pyridine rings is 1. The molecule has 0 N–H and O–H groups in total. The molecular formula is C28H34N2. The molecule has 2 aromatic carbocycles. The predicted octanol–water partition coefficient (Wildman–Crippen LogP) is 7.58. The van der Waals surface area contributed by atoms with Crippen LogP contribution >= 0.6 is 0 Å². The Labute approximate surface area is 180 Å². The van der Waals surface area contributed by atoms with Gasteiger partial charge in [0.05, 0.1) is 11.0 Å². The molecule has 2 heteroatoms. The smallest absolute Gasteiger partial charge is 0.146 e. The number of rotatable bonds is 3. The molecule has 4 aromatic rings. The van der Waals surface area contributed by atoms with E-state index >= 15 is 0 Å². The van der Waals surface area contributed by atoms with Gasteiger partial charge in [-0.25, -0.2) is 4.98 Å². The van der Waals surface area contributed by atoms with E-state index in [1.54, 1.807) is 0 Å². The third-order valence-electron chi connectivity index (χ3n) is 8.86. The van der Waals surface area contributed by atoms with Gasteiger partial charge in [0.2, 0.25) is 0 Å². The summed E-state index contributed by atoms with van der Waals surface area (Å²) in [6, 6.07) is 15.9. The lowest BCUT2D eigenvalue weighted by molar-refractivity contribution is 0.125. The highest BCUT2D eigenvalue weighted by Gasteiger charge is 2.56. The number of hydrogen-bond acceptors (Lipinski definition) is 1. The van der Waals surface area contributed by atoms with Crippen molar-refractivity contribution in [2.24, 2.45) is 5.41 Å². The van der Waals surface area contributed by atoms with Gasteiger partial charge in [-0.05, 0) is 63.8 Å². The fraction of sp³-hybridized carbons (Fsp3) is 0.464. The Kier molecular flexibility index (Phi) is 3.98. The predicted molar refractivity (Wildman–Crippen MR) is 129 cm³/mol. The highest BCUT2D eigenvalue weighted by atomic mass is 15.0. The Morgan fingerprint density at radius 2 is 1.53 bits per heavy atom. The average Bonchev–Trinajstić information content (AvgIpc) is 3.13. The monoisotopic (exact) mass is 398 g/mol. The number of aromatic nitrogens is 2. The quantitative estimate of drug-likeness (QED) is 0.348. The zero-order valence-electron chi connectivity index (χ0n) is 19.6. The molecule has 0 aliphatic heterocycles. The zero-order chi connectivity index (χ0) is 21.5. The molecule has 1 aliphatic rings. The van der Waals surface area contributed by atoms with Crippen molar-refractivity contribution in [3.05, 3.63) is 59.3 Å². The van der Waals surface area contributed by atoms with Crippen LogP contribution in [0.4, 0.5) is 0 Å². The van der Waals surface area contributed by atoms with E-state index in [1.165, 1.54) is 46.0 Å². The molecule has 0 bridgehead atoms. The first-order chi connectivity index (χ1) is 14.1. The fourth-order valence-corrected chi connectivity index (χ4v) is 5.70. The molecule has 156 valence electrons. The zero-order valence-corrected chi connectivity index (χ0v) is 19.6. The number of aryl methyl sites for hydroxylation is 1. The van der Waals surface area contributed by atoms with E-state index in [4.69, 9.17) is 4.98 Å². The Hall–Kier alpha value is -2.35. The van der Waals surface area contributed by atoms with Crippen LogP contribution in [0.15, 0.2) is 42.5 Å². The van der Waals surface area contributed by atoms with Crippen LogP contribution in [0, 0.1) is 5.41 Å². The van der Waals surface area contributed by atoms with Gasteiger partial charge in [-0.1, -0.05) is 79.2 Å². The van der Waals surface area contributed by atoms with Crippen LogP contribution in [0.2, 0.25) is 0 Å². The summed E-state index contributed by atoms with van der Waals surface area (Å²) < 4.78 is 2.45. The summed E-state index contributed by atoms with van der Waals surface area (Å²) in [5.74, 6) is 0. The second kappa shape index (κ2) is 6.09. The molecule has 2 aromatic heterocycles. The maximum Gasteiger partial charge on any atom is 0.146 e. The number of benzene rings is 2. The SMILES string of the molecule is CCCCc1cc2ccccc2c2nc3cc4c(cc3n12)C(C)(C)C(C)(C)C4(C)C. The van der Waals surface area contributed by atoms with Crippen LogP contribution < -0.4 is 0 Å². The van der Waals surface area contributed by atoms with Crippen LogP contribution in [-0.4, -0.2) is 9.38 Å². The molecule has 2 nitrogen and oxygen atoms in total. The Morgan fingerprint density at radius 3 is 2.23 bits per heavy atom. The van der Waals surface area contributed by atoms with E-state index in [0.29, 0.717) is 0 Å². The van der Waals surface area contributed by atoms with E-state index in [2.05, 4.69) is 95.3 Å². The van der Waals surface area contributed by atoms with Crippen molar-refractivity contribution in [1.82, 2.24) is 9.38 Å². The van der Waals surface area contributed by atoms with Crippen molar-refractivity contribution >= 4 is 27.5 Å². The molecule has 0 fully saturated rings. The third kappa shape index (κ3) is 2.28. The third-order valence-corrected chi connectivity index (χ3v) is 8.86. The van der Waals surface area contributed by atoms with Gasteiger partial charge in [0.15, 0.2) is 0 Å². The summed E-state index contributed by atoms with van der Waals surface area (Å²) in [5.41, 5.74) is 8.20. The van der Waals surface area contributed by atoms with Crippen molar-refractivity contribution in [2.75, 3.05) is 0 Å². The second-order valence-electron chi connectivity index (χ2n) is 10.9. The molecule has 0 unspecified atom stereocenters. The van der Waals surface area contributed by atoms with E-state index in [-0.39, 0.29) is 16.2 Å². The molecule has 2 heterocycles. The number of fused-ring (bicyclic) bond motifs is 6. The molecule has 0 spiro atoms. The van der Waals surface area contributed by atoms with Crippen molar-refractivity contribution in [2.45, 2.75) is 78.6 Å². The van der Waals surface area contributed by atoms with Gasteiger partial charge in [-0.3, -0.25) is 4.40 Å². The fourth-order valence-electron chi connectivity index (χ4n) is 5.70. The van der Waals surface area contributed by atoms with Gasteiger partial charge in [0, 0.05) is 11.1 Å². The van der Waals surface area contributed by atoms with Gasteiger partial charge in [-0.2, -0.15) is 0 Å². The standard InChI is InChI=1S/C28H34N2/c1-8-9-13-19-15-18-12-10-11-14-20(18)25-29-23-16-21-22(17-24(23)30(19)25)27(4,5)28(6,7)26(21,2)3/h10-12,14-17H,8-9,13H2,1-7H3. The second-order valence-corrected chi connectivity index (χ2v) is 10.9. The first-order valence-electron chi connectivity index (χ1n) is 11.5. The summed E-state index contributed by atoms with van der Waals surface area (Å²) in [6.45, 7) is 16.8. The number of unbranched alkanes of at least 4 members (excludes halogenated alkanes) is 1. The summed E-state index contributed by atoms with van der Waals surface area (Å²) in [4.78, 5) is 5.21. The molecule has 0 radical (unpaired) electrons. The van der Waals surface area contributed by atoms with Crippen molar-refractivity contribution in [1.29, 1.82) is 0 Å². The molecule has 5 rings (SSSR count). The highest BCUT2D eigenvalue weighted by molar-refractivity contribution is 5.99. The molecule has 0 saturated carbocycles. The minimum absolute atomic E-state index is 0.100. The molecule has 30 heavy (non-hydrogen) atoms. The maximum absolute atomic E-state index is 5.21. The van der Waals surface area contributed by atoms with Crippen LogP contribution in [0.1, 0.15) is 78.1 Å². The van der Waals surface area contributed by atoms with Gasteiger partial charge in [0.1, 0.15) is 5.65 Å². The summed E-state index contributed by atoms with van der Waals surface area (Å²) in [6.07, 6.45) is 3.48. The number of hydrogen-bond donors (Lipinski definition) is 0. The van der Waals surface area contributed by atoms with Crippen LogP contribution in [-0.2, 0) is 17.3 Å². The molecule has 0 atom stereocenters. The van der Waals surface area contributed by atoms with E-state index < -0.39 is 0 Å². The van der Waals surface area contributed by atoms with Crippen molar-refractivity contribution in [3.8, 4) is 0 Å².